The Morgan fingerprint density at radius 1 is 1.67 bits per heavy atom. The van der Waals surface area contributed by atoms with Crippen molar-refractivity contribution in [3.8, 4) is 0 Å². The van der Waals surface area contributed by atoms with Crippen LogP contribution in [0.4, 0.5) is 0 Å². The van der Waals surface area contributed by atoms with E-state index in [4.69, 9.17) is 5.11 Å². The van der Waals surface area contributed by atoms with Crippen LogP contribution in [-0.4, -0.2) is 5.11 Å². The molecule has 44 valence electrons. The average Bonchev–Trinajstić information content (AvgIpc) is 1.89. The second kappa shape index (κ2) is 2.29. The number of rotatable bonds is 1. The molecule has 1 heteroatoms. The van der Waals surface area contributed by atoms with E-state index in [1.807, 2.05) is 0 Å². The molecule has 0 aromatic heterocycles. The fourth-order valence-corrected chi connectivity index (χ4v) is 0.599. The highest BCUT2D eigenvalue weighted by Crippen LogP contribution is 2.09. The summed E-state index contributed by atoms with van der Waals surface area (Å²) in [5.41, 5.74) is 0.720. The molecule has 0 fully saturated rings. The van der Waals surface area contributed by atoms with E-state index in [0.29, 0.717) is 0 Å². The first-order valence-electron chi connectivity index (χ1n) is 2.66. The Hall–Kier alpha value is -1.33. The molecule has 1 aliphatic carbocycles. The van der Waals surface area contributed by atoms with Crippen molar-refractivity contribution in [2.24, 2.45) is 0 Å². The van der Waals surface area contributed by atoms with Crippen LogP contribution in [-0.2, 0) is 0 Å². The minimum atomic E-state index is 0.253. The molecule has 0 unspecified atom stereocenters. The van der Waals surface area contributed by atoms with Gasteiger partial charge >= 0.3 is 0 Å². The van der Waals surface area contributed by atoms with Gasteiger partial charge in [0.25, 0.3) is 0 Å². The van der Waals surface area contributed by atoms with Gasteiger partial charge in [0.2, 0.25) is 5.76 Å². The zero-order chi connectivity index (χ0) is 6.69. The highest BCUT2D eigenvalue weighted by Gasteiger charge is 2.06. The topological polar surface area (TPSA) is 20.2 Å². The smallest absolute Gasteiger partial charge is 0.238 e. The third-order valence-electron chi connectivity index (χ3n) is 1.09. The van der Waals surface area contributed by atoms with Crippen molar-refractivity contribution in [3.05, 3.63) is 48.3 Å². The molecular formula is C8H7O+. The minimum absolute atomic E-state index is 0.253. The maximum absolute atomic E-state index is 9.02. The highest BCUT2D eigenvalue weighted by atomic mass is 16.3. The lowest BCUT2D eigenvalue weighted by Gasteiger charge is -1.88. The molecule has 1 aliphatic rings. The molecule has 0 saturated carbocycles. The van der Waals surface area contributed by atoms with Crippen molar-refractivity contribution in [1.29, 1.82) is 0 Å². The molecule has 9 heavy (non-hydrogen) atoms. The molecule has 1 rings (SSSR count). The van der Waals surface area contributed by atoms with Crippen LogP contribution in [0.3, 0.4) is 0 Å². The van der Waals surface area contributed by atoms with E-state index in [1.54, 1.807) is 24.3 Å². The molecule has 0 spiro atoms. The summed E-state index contributed by atoms with van der Waals surface area (Å²) in [6, 6.07) is 0. The van der Waals surface area contributed by atoms with Gasteiger partial charge in [0.15, 0.2) is 0 Å². The summed E-state index contributed by atoms with van der Waals surface area (Å²) in [4.78, 5) is 0. The molecule has 0 atom stereocenters. The summed E-state index contributed by atoms with van der Waals surface area (Å²) in [6.45, 7) is 3.51. The highest BCUT2D eigenvalue weighted by molar-refractivity contribution is 5.39. The standard InChI is InChI=1S/C8H6O/c1-2-7-5-3-4-6-8(7)9/h2,4-6H,1H2/p+1. The number of hydrogen-bond donors (Lipinski definition) is 1. The largest absolute Gasteiger partial charge is 0.487 e. The third-order valence-corrected chi connectivity index (χ3v) is 1.09. The lowest BCUT2D eigenvalue weighted by molar-refractivity contribution is 0.428. The van der Waals surface area contributed by atoms with Gasteiger partial charge in [-0.1, -0.05) is 6.58 Å². The maximum atomic E-state index is 9.02. The van der Waals surface area contributed by atoms with E-state index >= 15 is 0 Å². The van der Waals surface area contributed by atoms with Crippen LogP contribution in [0.1, 0.15) is 0 Å². The maximum Gasteiger partial charge on any atom is 0.238 e. The third kappa shape index (κ3) is 1.07. The van der Waals surface area contributed by atoms with E-state index < -0.39 is 0 Å². The molecule has 0 aromatic carbocycles. The Kier molecular flexibility index (Phi) is 1.48. The van der Waals surface area contributed by atoms with Crippen LogP contribution >= 0.6 is 0 Å². The monoisotopic (exact) mass is 119 g/mol. The van der Waals surface area contributed by atoms with Crippen LogP contribution in [0, 0.1) is 6.08 Å². The molecule has 0 bridgehead atoms. The van der Waals surface area contributed by atoms with Crippen LogP contribution in [0.5, 0.6) is 0 Å². The Balaban J connectivity index is 3.01. The second-order valence-electron chi connectivity index (χ2n) is 1.69. The molecule has 0 radical (unpaired) electrons. The van der Waals surface area contributed by atoms with E-state index in [-0.39, 0.29) is 5.76 Å². The van der Waals surface area contributed by atoms with Gasteiger partial charge in [-0.05, 0) is 6.08 Å². The lowest BCUT2D eigenvalue weighted by Crippen LogP contribution is -1.84. The molecule has 0 aromatic rings. The lowest BCUT2D eigenvalue weighted by atomic mass is 10.1. The fraction of sp³-hybridized carbons (Fsp3) is 0. The van der Waals surface area contributed by atoms with Gasteiger partial charge in [0.05, 0.1) is 6.08 Å². The Bertz CT molecular complexity index is 207. The van der Waals surface area contributed by atoms with Crippen LogP contribution in [0.25, 0.3) is 0 Å². The zero-order valence-corrected chi connectivity index (χ0v) is 4.96. The van der Waals surface area contributed by atoms with Crippen molar-refractivity contribution in [2.75, 3.05) is 0 Å². The first-order chi connectivity index (χ1) is 4.34. The van der Waals surface area contributed by atoms with Crippen molar-refractivity contribution in [3.63, 3.8) is 0 Å². The van der Waals surface area contributed by atoms with E-state index in [0.717, 1.165) is 5.57 Å². The summed E-state index contributed by atoms with van der Waals surface area (Å²) in [6.07, 6.45) is 9.33. The van der Waals surface area contributed by atoms with E-state index in [9.17, 15) is 0 Å². The first kappa shape index (κ1) is 5.80. The summed E-state index contributed by atoms with van der Waals surface area (Å²) in [5, 5.41) is 9.02. The summed E-state index contributed by atoms with van der Waals surface area (Å²) in [7, 11) is 0. The van der Waals surface area contributed by atoms with Gasteiger partial charge in [0, 0.05) is 6.08 Å². The zero-order valence-electron chi connectivity index (χ0n) is 4.96. The molecule has 0 amide bonds. The van der Waals surface area contributed by atoms with Gasteiger partial charge < -0.3 is 5.11 Å². The fourth-order valence-electron chi connectivity index (χ4n) is 0.599. The van der Waals surface area contributed by atoms with Crippen molar-refractivity contribution in [2.45, 2.75) is 0 Å². The molecule has 0 saturated heterocycles. The van der Waals surface area contributed by atoms with E-state index in [1.165, 1.54) is 0 Å². The SMILES string of the molecule is C=CC1=C(O)C=C[C+]=C1. The number of allylic oxidation sites excluding steroid dienone is 6. The van der Waals surface area contributed by atoms with Crippen molar-refractivity contribution >= 4 is 0 Å². The van der Waals surface area contributed by atoms with Crippen LogP contribution < -0.4 is 0 Å². The van der Waals surface area contributed by atoms with Gasteiger partial charge in [-0.15, -0.1) is 0 Å². The van der Waals surface area contributed by atoms with Crippen LogP contribution in [0.2, 0.25) is 0 Å². The van der Waals surface area contributed by atoms with Gasteiger partial charge in [-0.25, -0.2) is 0 Å². The first-order valence-corrected chi connectivity index (χ1v) is 2.66. The summed E-state index contributed by atoms with van der Waals surface area (Å²) in [5.74, 6) is 0.253. The van der Waals surface area contributed by atoms with E-state index in [2.05, 4.69) is 12.7 Å². The van der Waals surface area contributed by atoms with Crippen molar-refractivity contribution < 1.29 is 5.11 Å². The predicted molar refractivity (Wildman–Crippen MR) is 36.8 cm³/mol. The van der Waals surface area contributed by atoms with Gasteiger partial charge in [-0.2, -0.15) is 0 Å². The molecule has 1 N–H and O–H groups in total. The number of aliphatic hydroxyl groups excluding tert-OH is 1. The van der Waals surface area contributed by atoms with Gasteiger partial charge in [0.1, 0.15) is 17.7 Å². The number of aliphatic hydroxyl groups is 1. The average molecular weight is 119 g/mol. The summed E-state index contributed by atoms with van der Waals surface area (Å²) < 4.78 is 0. The number of hydrogen-bond acceptors (Lipinski definition) is 1. The minimum Gasteiger partial charge on any atom is -0.487 e. The predicted octanol–water partition coefficient (Wildman–Crippen LogP) is 1.91. The Morgan fingerprint density at radius 3 is 2.89 bits per heavy atom. The molecule has 0 aliphatic heterocycles. The summed E-state index contributed by atoms with van der Waals surface area (Å²) >= 11 is 0. The molecule has 1 nitrogen and oxygen atoms in total. The van der Waals surface area contributed by atoms with Gasteiger partial charge in [-0.3, -0.25) is 0 Å². The molecular weight excluding hydrogens is 112 g/mol. The van der Waals surface area contributed by atoms with Crippen LogP contribution in [0.15, 0.2) is 42.2 Å². The second-order valence-corrected chi connectivity index (χ2v) is 1.69. The van der Waals surface area contributed by atoms with Crippen molar-refractivity contribution in [1.82, 2.24) is 0 Å². The molecule has 0 heterocycles. The normalized spacial score (nSPS) is 15.6. The Morgan fingerprint density at radius 2 is 2.44 bits per heavy atom. The quantitative estimate of drug-likeness (QED) is 0.523. The Labute approximate surface area is 54.3 Å².